The zero-order valence-corrected chi connectivity index (χ0v) is 33.7. The number of carbonyl (C=O) groups is 2. The first-order chi connectivity index (χ1) is 24.6. The van der Waals surface area contributed by atoms with Crippen LogP contribution in [0.1, 0.15) is 245 Å². The quantitative estimate of drug-likeness (QED) is 0.0389. The molecular formula is C45H86O5. The first kappa shape index (κ1) is 48.6. The summed E-state index contributed by atoms with van der Waals surface area (Å²) < 4.78 is 10.6. The van der Waals surface area contributed by atoms with Crippen molar-refractivity contribution in [2.45, 2.75) is 251 Å². The van der Waals surface area contributed by atoms with Crippen LogP contribution < -0.4 is 0 Å². The van der Waals surface area contributed by atoms with Gasteiger partial charge in [0.1, 0.15) is 6.61 Å². The van der Waals surface area contributed by atoms with Gasteiger partial charge in [-0.2, -0.15) is 0 Å². The predicted octanol–water partition coefficient (Wildman–Crippen LogP) is 14.1. The van der Waals surface area contributed by atoms with Gasteiger partial charge in [-0.3, -0.25) is 9.59 Å². The third kappa shape index (κ3) is 39.4. The molecule has 0 fully saturated rings. The molecule has 5 nitrogen and oxygen atoms in total. The maximum atomic E-state index is 12.2. The fourth-order valence-corrected chi connectivity index (χ4v) is 6.67. The lowest BCUT2D eigenvalue weighted by atomic mass is 10.0. The molecule has 0 rings (SSSR count). The van der Waals surface area contributed by atoms with Crippen molar-refractivity contribution in [1.29, 1.82) is 0 Å². The zero-order chi connectivity index (χ0) is 36.4. The average Bonchev–Trinajstić information content (AvgIpc) is 3.12. The van der Waals surface area contributed by atoms with E-state index in [-0.39, 0.29) is 25.2 Å². The summed E-state index contributed by atoms with van der Waals surface area (Å²) in [6.45, 7) is 4.15. The fourth-order valence-electron chi connectivity index (χ4n) is 6.67. The van der Waals surface area contributed by atoms with E-state index in [2.05, 4.69) is 26.0 Å². The van der Waals surface area contributed by atoms with Crippen LogP contribution >= 0.6 is 0 Å². The first-order valence-electron chi connectivity index (χ1n) is 22.2. The molecule has 0 heterocycles. The molecule has 0 aromatic heterocycles. The fraction of sp³-hybridized carbons (Fsp3) is 0.911. The molecule has 0 aromatic rings. The maximum absolute atomic E-state index is 12.2. The number of esters is 2. The van der Waals surface area contributed by atoms with Crippen molar-refractivity contribution in [3.63, 3.8) is 0 Å². The highest BCUT2D eigenvalue weighted by molar-refractivity contribution is 5.70. The van der Waals surface area contributed by atoms with Gasteiger partial charge in [-0.1, -0.05) is 206 Å². The number of allylic oxidation sites excluding steroid dienone is 2. The zero-order valence-electron chi connectivity index (χ0n) is 33.7. The Hall–Kier alpha value is -1.36. The number of hydrogen-bond acceptors (Lipinski definition) is 5. The molecule has 0 saturated carbocycles. The van der Waals surface area contributed by atoms with Crippen LogP contribution in [-0.2, 0) is 19.1 Å². The summed E-state index contributed by atoms with van der Waals surface area (Å²) in [5, 5.41) is 9.58. The number of aliphatic hydroxyl groups is 1. The minimum absolute atomic E-state index is 0.0611. The summed E-state index contributed by atoms with van der Waals surface area (Å²) in [6.07, 6.45) is 48.6. The molecule has 0 amide bonds. The minimum atomic E-state index is -0.767. The monoisotopic (exact) mass is 707 g/mol. The van der Waals surface area contributed by atoms with E-state index >= 15 is 0 Å². The van der Waals surface area contributed by atoms with Crippen molar-refractivity contribution in [2.75, 3.05) is 13.2 Å². The third-order valence-electron chi connectivity index (χ3n) is 10.1. The number of hydrogen-bond donors (Lipinski definition) is 1. The standard InChI is InChI=1S/C45H86O5/c1-3-5-7-9-11-13-15-17-19-20-21-22-23-24-26-27-29-31-33-35-37-39-44(47)49-42-43(41-46)50-45(48)40-38-36-34-32-30-28-25-18-16-14-12-10-8-6-4-2/h14,16,43,46H,3-13,15,17-42H2,1-2H3/b16-14-/t43-/m0/s1. The highest BCUT2D eigenvalue weighted by Gasteiger charge is 2.16. The van der Waals surface area contributed by atoms with E-state index in [1.165, 1.54) is 186 Å². The lowest BCUT2D eigenvalue weighted by Gasteiger charge is -2.15. The van der Waals surface area contributed by atoms with Crippen molar-refractivity contribution in [3.05, 3.63) is 12.2 Å². The molecule has 0 bridgehead atoms. The molecular weight excluding hydrogens is 620 g/mol. The molecule has 0 aliphatic carbocycles. The normalized spacial score (nSPS) is 12.1. The number of unbranched alkanes of at least 4 members (excludes halogenated alkanes) is 31. The number of ether oxygens (including phenoxy) is 2. The van der Waals surface area contributed by atoms with E-state index in [1.807, 2.05) is 0 Å². The van der Waals surface area contributed by atoms with Gasteiger partial charge in [-0.25, -0.2) is 0 Å². The second-order valence-electron chi connectivity index (χ2n) is 15.1. The van der Waals surface area contributed by atoms with Gasteiger partial charge in [0.15, 0.2) is 6.10 Å². The Balaban J connectivity index is 3.47. The Morgan fingerprint density at radius 1 is 0.440 bits per heavy atom. The van der Waals surface area contributed by atoms with Crippen LogP contribution in [0.5, 0.6) is 0 Å². The molecule has 50 heavy (non-hydrogen) atoms. The molecule has 0 aromatic carbocycles. The number of carbonyl (C=O) groups excluding carboxylic acids is 2. The first-order valence-corrected chi connectivity index (χ1v) is 22.2. The van der Waals surface area contributed by atoms with Crippen LogP contribution in [0.15, 0.2) is 12.2 Å². The second kappa shape index (κ2) is 42.1. The highest BCUT2D eigenvalue weighted by atomic mass is 16.6. The summed E-state index contributed by atoms with van der Waals surface area (Å²) in [5.74, 6) is -0.582. The molecule has 0 spiro atoms. The number of aliphatic hydroxyl groups excluding tert-OH is 1. The molecule has 1 N–H and O–H groups in total. The van der Waals surface area contributed by atoms with Gasteiger partial charge in [0.25, 0.3) is 0 Å². The summed E-state index contributed by atoms with van der Waals surface area (Å²) in [5.41, 5.74) is 0. The molecule has 296 valence electrons. The van der Waals surface area contributed by atoms with Crippen molar-refractivity contribution in [3.8, 4) is 0 Å². The van der Waals surface area contributed by atoms with Crippen molar-refractivity contribution in [2.24, 2.45) is 0 Å². The van der Waals surface area contributed by atoms with Crippen molar-refractivity contribution >= 4 is 11.9 Å². The Labute approximate surface area is 311 Å². The van der Waals surface area contributed by atoms with E-state index in [0.717, 1.165) is 32.1 Å². The van der Waals surface area contributed by atoms with Gasteiger partial charge in [-0.15, -0.1) is 0 Å². The Kier molecular flexibility index (Phi) is 40.9. The SMILES string of the molecule is CCCCCC/C=C\CCCCCCCCCC(=O)O[C@@H](CO)COC(=O)CCCCCCCCCCCCCCCCCCCCCCC. The lowest BCUT2D eigenvalue weighted by Crippen LogP contribution is -2.28. The molecule has 0 unspecified atom stereocenters. The van der Waals surface area contributed by atoms with E-state index in [9.17, 15) is 14.7 Å². The summed E-state index contributed by atoms with van der Waals surface area (Å²) in [7, 11) is 0. The summed E-state index contributed by atoms with van der Waals surface area (Å²) >= 11 is 0. The molecule has 0 radical (unpaired) electrons. The molecule has 1 atom stereocenters. The van der Waals surface area contributed by atoms with E-state index in [1.54, 1.807) is 0 Å². The predicted molar refractivity (Wildman–Crippen MR) is 215 cm³/mol. The van der Waals surface area contributed by atoms with E-state index in [0.29, 0.717) is 12.8 Å². The van der Waals surface area contributed by atoms with Gasteiger partial charge >= 0.3 is 11.9 Å². The number of rotatable bonds is 41. The Morgan fingerprint density at radius 2 is 0.740 bits per heavy atom. The molecule has 0 aliphatic rings. The van der Waals surface area contributed by atoms with Gasteiger partial charge in [0.05, 0.1) is 6.61 Å². The van der Waals surface area contributed by atoms with Gasteiger partial charge < -0.3 is 14.6 Å². The van der Waals surface area contributed by atoms with Crippen LogP contribution in [-0.4, -0.2) is 36.4 Å². The summed E-state index contributed by atoms with van der Waals surface area (Å²) in [4.78, 5) is 24.3. The third-order valence-corrected chi connectivity index (χ3v) is 10.1. The van der Waals surface area contributed by atoms with Gasteiger partial charge in [0.2, 0.25) is 0 Å². The molecule has 5 heteroatoms. The van der Waals surface area contributed by atoms with Crippen molar-refractivity contribution < 1.29 is 24.2 Å². The second-order valence-corrected chi connectivity index (χ2v) is 15.1. The topological polar surface area (TPSA) is 72.8 Å². The van der Waals surface area contributed by atoms with Gasteiger partial charge in [-0.05, 0) is 38.5 Å². The van der Waals surface area contributed by atoms with Crippen molar-refractivity contribution in [1.82, 2.24) is 0 Å². The highest BCUT2D eigenvalue weighted by Crippen LogP contribution is 2.16. The summed E-state index contributed by atoms with van der Waals surface area (Å²) in [6, 6.07) is 0. The smallest absolute Gasteiger partial charge is 0.306 e. The van der Waals surface area contributed by atoms with Crippen LogP contribution in [0.4, 0.5) is 0 Å². The maximum Gasteiger partial charge on any atom is 0.306 e. The van der Waals surface area contributed by atoms with E-state index < -0.39 is 6.10 Å². The van der Waals surface area contributed by atoms with Crippen LogP contribution in [0.2, 0.25) is 0 Å². The minimum Gasteiger partial charge on any atom is -0.462 e. The van der Waals surface area contributed by atoms with E-state index in [4.69, 9.17) is 9.47 Å². The lowest BCUT2D eigenvalue weighted by molar-refractivity contribution is -0.161. The largest absolute Gasteiger partial charge is 0.462 e. The van der Waals surface area contributed by atoms with Crippen LogP contribution in [0, 0.1) is 0 Å². The Bertz CT molecular complexity index is 720. The van der Waals surface area contributed by atoms with Crippen LogP contribution in [0.3, 0.4) is 0 Å². The van der Waals surface area contributed by atoms with Gasteiger partial charge in [0, 0.05) is 12.8 Å². The Morgan fingerprint density at radius 3 is 1.10 bits per heavy atom. The van der Waals surface area contributed by atoms with Crippen LogP contribution in [0.25, 0.3) is 0 Å². The molecule has 0 aliphatic heterocycles. The average molecular weight is 707 g/mol. The molecule has 0 saturated heterocycles.